The lowest BCUT2D eigenvalue weighted by Gasteiger charge is -2.42. The summed E-state index contributed by atoms with van der Waals surface area (Å²) in [5.74, 6) is 0.446. The van der Waals surface area contributed by atoms with Crippen molar-refractivity contribution in [3.05, 3.63) is 0 Å². The van der Waals surface area contributed by atoms with Crippen LogP contribution < -0.4 is 5.32 Å². The van der Waals surface area contributed by atoms with Crippen LogP contribution in [-0.4, -0.2) is 56.9 Å². The monoisotopic (exact) mass is 332 g/mol. The molecule has 1 atom stereocenters. The van der Waals surface area contributed by atoms with Gasteiger partial charge in [-0.15, -0.1) is 0 Å². The van der Waals surface area contributed by atoms with Crippen molar-refractivity contribution in [1.82, 2.24) is 9.62 Å². The molecule has 2 fully saturated rings. The third-order valence-electron chi connectivity index (χ3n) is 4.80. The molecule has 0 spiro atoms. The van der Waals surface area contributed by atoms with Crippen LogP contribution in [0.3, 0.4) is 0 Å². The van der Waals surface area contributed by atoms with Crippen molar-refractivity contribution in [2.75, 3.05) is 32.1 Å². The van der Waals surface area contributed by atoms with Gasteiger partial charge in [-0.25, -0.2) is 12.7 Å². The molecule has 0 aromatic rings. The Kier molecular flexibility index (Phi) is 5.91. The molecule has 2 heterocycles. The number of sulfonamides is 1. The lowest BCUT2D eigenvalue weighted by atomic mass is 9.81. The van der Waals surface area contributed by atoms with Crippen molar-refractivity contribution in [2.24, 2.45) is 11.3 Å². The summed E-state index contributed by atoms with van der Waals surface area (Å²) in [4.78, 5) is 0. The molecule has 0 aliphatic carbocycles. The van der Waals surface area contributed by atoms with Crippen LogP contribution in [0.5, 0.6) is 0 Å². The summed E-state index contributed by atoms with van der Waals surface area (Å²) in [6.07, 6.45) is 2.86. The lowest BCUT2D eigenvalue weighted by Crippen LogP contribution is -2.54. The number of rotatable bonds is 5. The zero-order valence-electron chi connectivity index (χ0n) is 14.5. The fraction of sp³-hybridized carbons (Fsp3) is 1.00. The van der Waals surface area contributed by atoms with Crippen LogP contribution in [0.25, 0.3) is 0 Å². The molecule has 0 aromatic heterocycles. The quantitative estimate of drug-likeness (QED) is 0.835. The van der Waals surface area contributed by atoms with Gasteiger partial charge in [0.2, 0.25) is 10.0 Å². The second-order valence-corrected chi connectivity index (χ2v) is 9.91. The fourth-order valence-corrected chi connectivity index (χ4v) is 5.27. The van der Waals surface area contributed by atoms with E-state index in [1.807, 2.05) is 13.8 Å². The molecule has 5 nitrogen and oxygen atoms in total. The third kappa shape index (κ3) is 4.66. The van der Waals surface area contributed by atoms with Gasteiger partial charge in [0.15, 0.2) is 0 Å². The number of ether oxygens (including phenoxy) is 1. The molecule has 0 amide bonds. The van der Waals surface area contributed by atoms with Gasteiger partial charge >= 0.3 is 0 Å². The number of nitrogens with one attached hydrogen (secondary N) is 1. The van der Waals surface area contributed by atoms with Gasteiger partial charge in [-0.05, 0) is 25.2 Å². The van der Waals surface area contributed by atoms with Crippen molar-refractivity contribution in [3.8, 4) is 0 Å². The topological polar surface area (TPSA) is 58.6 Å². The summed E-state index contributed by atoms with van der Waals surface area (Å²) in [5.41, 5.74) is 0.152. The Hall–Kier alpha value is -0.170. The highest BCUT2D eigenvalue weighted by Crippen LogP contribution is 2.29. The molecule has 130 valence electrons. The van der Waals surface area contributed by atoms with Crippen molar-refractivity contribution < 1.29 is 13.2 Å². The summed E-state index contributed by atoms with van der Waals surface area (Å²) >= 11 is 0. The van der Waals surface area contributed by atoms with E-state index in [4.69, 9.17) is 4.74 Å². The highest BCUT2D eigenvalue weighted by molar-refractivity contribution is 7.89. The molecular weight excluding hydrogens is 300 g/mol. The van der Waals surface area contributed by atoms with Crippen LogP contribution >= 0.6 is 0 Å². The van der Waals surface area contributed by atoms with Gasteiger partial charge in [-0.2, -0.15) is 0 Å². The van der Waals surface area contributed by atoms with E-state index < -0.39 is 10.0 Å². The Labute approximate surface area is 135 Å². The Morgan fingerprint density at radius 2 is 1.86 bits per heavy atom. The highest BCUT2D eigenvalue weighted by atomic mass is 32.2. The molecule has 1 N–H and O–H groups in total. The molecule has 0 aromatic carbocycles. The molecule has 2 saturated heterocycles. The minimum Gasteiger partial charge on any atom is -0.381 e. The first kappa shape index (κ1) is 18.2. The first-order valence-corrected chi connectivity index (χ1v) is 10.1. The fourth-order valence-electron chi connectivity index (χ4n) is 3.45. The lowest BCUT2D eigenvalue weighted by molar-refractivity contribution is -0.0178. The Balaban J connectivity index is 1.85. The van der Waals surface area contributed by atoms with E-state index in [0.29, 0.717) is 25.2 Å². The predicted octanol–water partition coefficient (Wildman–Crippen LogP) is 1.84. The van der Waals surface area contributed by atoms with Gasteiger partial charge < -0.3 is 10.1 Å². The Bertz CT molecular complexity index is 454. The first-order chi connectivity index (χ1) is 10.2. The summed E-state index contributed by atoms with van der Waals surface area (Å²) < 4.78 is 31.8. The minimum atomic E-state index is -3.08. The summed E-state index contributed by atoms with van der Waals surface area (Å²) in [5, 5.41) is 3.76. The van der Waals surface area contributed by atoms with Crippen molar-refractivity contribution in [2.45, 2.75) is 59.0 Å². The van der Waals surface area contributed by atoms with Crippen molar-refractivity contribution in [1.29, 1.82) is 0 Å². The van der Waals surface area contributed by atoms with E-state index in [0.717, 1.165) is 32.5 Å². The van der Waals surface area contributed by atoms with Crippen LogP contribution in [0.1, 0.15) is 47.0 Å². The van der Waals surface area contributed by atoms with Crippen LogP contribution in [0.2, 0.25) is 0 Å². The highest BCUT2D eigenvalue weighted by Gasteiger charge is 2.36. The van der Waals surface area contributed by atoms with Gasteiger partial charge in [0.25, 0.3) is 0 Å². The van der Waals surface area contributed by atoms with Gasteiger partial charge in [-0.3, -0.25) is 0 Å². The first-order valence-electron chi connectivity index (χ1n) is 8.52. The molecule has 0 bridgehead atoms. The number of piperidine rings is 1. The number of hydrogen-bond donors (Lipinski definition) is 1. The molecule has 1 unspecified atom stereocenters. The van der Waals surface area contributed by atoms with Crippen LogP contribution in [0.4, 0.5) is 0 Å². The third-order valence-corrected chi connectivity index (χ3v) is 7.04. The molecule has 2 aliphatic rings. The maximum absolute atomic E-state index is 12.3. The predicted molar refractivity (Wildman–Crippen MR) is 89.4 cm³/mol. The summed E-state index contributed by atoms with van der Waals surface area (Å²) in [6, 6.07) is 0.887. The van der Waals surface area contributed by atoms with Gasteiger partial charge in [-0.1, -0.05) is 27.7 Å². The molecule has 22 heavy (non-hydrogen) atoms. The van der Waals surface area contributed by atoms with Crippen LogP contribution in [0.15, 0.2) is 0 Å². The largest absolute Gasteiger partial charge is 0.381 e. The minimum absolute atomic E-state index is 0.152. The smallest absolute Gasteiger partial charge is 0.214 e. The van der Waals surface area contributed by atoms with E-state index in [9.17, 15) is 8.42 Å². The average Bonchev–Trinajstić information content (AvgIpc) is 2.40. The van der Waals surface area contributed by atoms with Gasteiger partial charge in [0.1, 0.15) is 0 Å². The molecule has 0 radical (unpaired) electrons. The van der Waals surface area contributed by atoms with Gasteiger partial charge in [0.05, 0.1) is 12.4 Å². The standard InChI is InChI=1S/C16H32N2O3S/c1-13(2)11-22(19,20)18-8-5-14(6-9-18)17-15-7-10-21-12-16(15,3)4/h13-15,17H,5-12H2,1-4H3. The zero-order chi connectivity index (χ0) is 16.4. The van der Waals surface area contributed by atoms with E-state index >= 15 is 0 Å². The Morgan fingerprint density at radius 3 is 2.41 bits per heavy atom. The maximum atomic E-state index is 12.3. The number of hydrogen-bond acceptors (Lipinski definition) is 4. The second kappa shape index (κ2) is 7.16. The van der Waals surface area contributed by atoms with E-state index in [1.165, 1.54) is 0 Å². The van der Waals surface area contributed by atoms with E-state index in [-0.39, 0.29) is 17.1 Å². The average molecular weight is 333 g/mol. The molecule has 2 aliphatic heterocycles. The van der Waals surface area contributed by atoms with Crippen molar-refractivity contribution >= 4 is 10.0 Å². The zero-order valence-corrected chi connectivity index (χ0v) is 15.3. The molecule has 6 heteroatoms. The normalized spacial score (nSPS) is 28.1. The Morgan fingerprint density at radius 1 is 1.23 bits per heavy atom. The van der Waals surface area contributed by atoms with Crippen LogP contribution in [0, 0.1) is 11.3 Å². The number of nitrogens with zero attached hydrogens (tertiary/aromatic N) is 1. The summed E-state index contributed by atoms with van der Waals surface area (Å²) in [7, 11) is -3.08. The van der Waals surface area contributed by atoms with Crippen molar-refractivity contribution in [3.63, 3.8) is 0 Å². The molecule has 2 rings (SSSR count). The van der Waals surface area contributed by atoms with Gasteiger partial charge in [0, 0.05) is 37.2 Å². The van der Waals surface area contributed by atoms with Crippen LogP contribution in [-0.2, 0) is 14.8 Å². The summed E-state index contributed by atoms with van der Waals surface area (Å²) in [6.45, 7) is 11.3. The van der Waals surface area contributed by atoms with E-state index in [2.05, 4.69) is 19.2 Å². The molecular formula is C16H32N2O3S. The second-order valence-electron chi connectivity index (χ2n) is 7.89. The SMILES string of the molecule is CC(C)CS(=O)(=O)N1CCC(NC2CCOCC2(C)C)CC1. The molecule has 0 saturated carbocycles. The maximum Gasteiger partial charge on any atom is 0.214 e. The van der Waals surface area contributed by atoms with E-state index in [1.54, 1.807) is 4.31 Å².